The average Bonchev–Trinajstić information content (AvgIpc) is 2.55. The van der Waals surface area contributed by atoms with Crippen LogP contribution >= 0.6 is 24.8 Å². The van der Waals surface area contributed by atoms with Crippen LogP contribution in [0.25, 0.3) is 0 Å². The number of hydrogen-bond acceptors (Lipinski definition) is 4. The van der Waals surface area contributed by atoms with E-state index in [1.54, 1.807) is 0 Å². The monoisotopic (exact) mass is 404 g/mol. The number of halogens is 2. The fourth-order valence-corrected chi connectivity index (χ4v) is 1.51. The Labute approximate surface area is 159 Å². The average molecular weight is 405 g/mol. The Morgan fingerprint density at radius 3 is 0.615 bits per heavy atom. The van der Waals surface area contributed by atoms with Crippen LogP contribution < -0.4 is 0 Å². The highest BCUT2D eigenvalue weighted by molar-refractivity contribution is 5.92. The molecule has 0 saturated carbocycles. The molecule has 0 aromatic heterocycles. The van der Waals surface area contributed by atoms with Crippen molar-refractivity contribution in [3.8, 4) is 0 Å². The molecule has 0 atom stereocenters. The first-order valence-electron chi connectivity index (χ1n) is 6.35. The second-order valence-electron chi connectivity index (χ2n) is 4.38. The summed E-state index contributed by atoms with van der Waals surface area (Å²) in [7, 11) is 0. The summed E-state index contributed by atoms with van der Waals surface area (Å²) >= 11 is 0. The number of benzene rings is 2. The number of carboxylic acid groups (broad SMARTS) is 4. The SMILES string of the molecule is Cl.Cl.O=C(O)c1ccc(C(=O)O)cc1.O=C(O)c1ccc(C(=O)O)cc1. The van der Waals surface area contributed by atoms with Crippen molar-refractivity contribution in [1.29, 1.82) is 0 Å². The summed E-state index contributed by atoms with van der Waals surface area (Å²) in [4.78, 5) is 41.3. The molecule has 2 rings (SSSR count). The Hall–Kier alpha value is -3.10. The van der Waals surface area contributed by atoms with Crippen LogP contribution in [0.1, 0.15) is 41.4 Å². The van der Waals surface area contributed by atoms with Crippen molar-refractivity contribution < 1.29 is 39.6 Å². The summed E-state index contributed by atoms with van der Waals surface area (Å²) in [6.45, 7) is 0. The molecule has 26 heavy (non-hydrogen) atoms. The molecule has 8 nitrogen and oxygen atoms in total. The van der Waals surface area contributed by atoms with Crippen molar-refractivity contribution >= 4 is 48.7 Å². The number of aromatic carboxylic acids is 4. The molecule has 2 aromatic carbocycles. The molecule has 10 heteroatoms. The predicted octanol–water partition coefficient (Wildman–Crippen LogP) is 3.01. The number of carbonyl (C=O) groups is 4. The van der Waals surface area contributed by atoms with E-state index in [9.17, 15) is 19.2 Å². The number of carboxylic acids is 4. The zero-order chi connectivity index (χ0) is 18.3. The van der Waals surface area contributed by atoms with Gasteiger partial charge in [0.25, 0.3) is 0 Å². The maximum absolute atomic E-state index is 10.3. The van der Waals surface area contributed by atoms with E-state index >= 15 is 0 Å². The van der Waals surface area contributed by atoms with Crippen molar-refractivity contribution in [2.45, 2.75) is 0 Å². The van der Waals surface area contributed by atoms with Gasteiger partial charge in [0.2, 0.25) is 0 Å². The van der Waals surface area contributed by atoms with Gasteiger partial charge in [-0.05, 0) is 48.5 Å². The Morgan fingerprint density at radius 2 is 0.538 bits per heavy atom. The van der Waals surface area contributed by atoms with E-state index in [0.717, 1.165) is 0 Å². The van der Waals surface area contributed by atoms with Gasteiger partial charge in [-0.15, -0.1) is 24.8 Å². The topological polar surface area (TPSA) is 149 Å². The lowest BCUT2D eigenvalue weighted by atomic mass is 10.1. The van der Waals surface area contributed by atoms with Gasteiger partial charge >= 0.3 is 23.9 Å². The summed E-state index contributed by atoms with van der Waals surface area (Å²) in [5.41, 5.74) is 0.333. The van der Waals surface area contributed by atoms with Gasteiger partial charge in [-0.3, -0.25) is 0 Å². The Bertz CT molecular complexity index is 636. The summed E-state index contributed by atoms with van der Waals surface area (Å²) in [6.07, 6.45) is 0. The molecule has 0 fully saturated rings. The van der Waals surface area contributed by atoms with Crippen LogP contribution in [-0.4, -0.2) is 44.3 Å². The molecule has 0 bridgehead atoms. The summed E-state index contributed by atoms with van der Waals surface area (Å²) in [5.74, 6) is -4.25. The van der Waals surface area contributed by atoms with Gasteiger partial charge in [0.05, 0.1) is 22.3 Å². The van der Waals surface area contributed by atoms with Crippen molar-refractivity contribution in [3.05, 3.63) is 70.8 Å². The highest BCUT2D eigenvalue weighted by atomic mass is 35.5. The van der Waals surface area contributed by atoms with Gasteiger partial charge in [0, 0.05) is 0 Å². The van der Waals surface area contributed by atoms with Gasteiger partial charge in [-0.1, -0.05) is 0 Å². The molecule has 0 aliphatic rings. The molecular weight excluding hydrogens is 391 g/mol. The smallest absolute Gasteiger partial charge is 0.335 e. The third-order valence-electron chi connectivity index (χ3n) is 2.76. The number of hydrogen-bond donors (Lipinski definition) is 4. The molecule has 0 spiro atoms. The second-order valence-corrected chi connectivity index (χ2v) is 4.38. The maximum atomic E-state index is 10.3. The normalized spacial score (nSPS) is 8.62. The van der Waals surface area contributed by atoms with Gasteiger partial charge in [-0.25, -0.2) is 19.2 Å². The molecule has 0 unspecified atom stereocenters. The fraction of sp³-hybridized carbons (Fsp3) is 0. The van der Waals surface area contributed by atoms with Crippen LogP contribution in [0, 0.1) is 0 Å². The van der Waals surface area contributed by atoms with Crippen LogP contribution in [0.5, 0.6) is 0 Å². The lowest BCUT2D eigenvalue weighted by Gasteiger charge is -1.94. The highest BCUT2D eigenvalue weighted by Gasteiger charge is 2.05. The van der Waals surface area contributed by atoms with Crippen LogP contribution in [0.15, 0.2) is 48.5 Å². The van der Waals surface area contributed by atoms with Gasteiger partial charge in [0.1, 0.15) is 0 Å². The first-order chi connectivity index (χ1) is 11.2. The lowest BCUT2D eigenvalue weighted by molar-refractivity contribution is 0.0681. The first kappa shape index (κ1) is 25.1. The molecule has 0 aliphatic carbocycles. The fourth-order valence-electron chi connectivity index (χ4n) is 1.51. The quantitative estimate of drug-likeness (QED) is 0.607. The first-order valence-corrected chi connectivity index (χ1v) is 6.35. The van der Waals surface area contributed by atoms with Gasteiger partial charge < -0.3 is 20.4 Å². The van der Waals surface area contributed by atoms with E-state index < -0.39 is 23.9 Å². The van der Waals surface area contributed by atoms with E-state index in [-0.39, 0.29) is 47.1 Å². The number of rotatable bonds is 4. The van der Waals surface area contributed by atoms with E-state index in [0.29, 0.717) is 0 Å². The molecule has 2 aromatic rings. The Morgan fingerprint density at radius 1 is 0.423 bits per heavy atom. The van der Waals surface area contributed by atoms with Crippen molar-refractivity contribution in [2.24, 2.45) is 0 Å². The van der Waals surface area contributed by atoms with Crippen molar-refractivity contribution in [3.63, 3.8) is 0 Å². The standard InChI is InChI=1S/2C8H6O4.2ClH/c2*9-7(10)5-1-2-6(4-3-5)8(11)12;;/h2*1-4H,(H,9,10)(H,11,12);2*1H. The van der Waals surface area contributed by atoms with E-state index in [2.05, 4.69) is 0 Å². The van der Waals surface area contributed by atoms with Crippen LogP contribution in [0.2, 0.25) is 0 Å². The minimum Gasteiger partial charge on any atom is -0.478 e. The van der Waals surface area contributed by atoms with Gasteiger partial charge in [-0.2, -0.15) is 0 Å². The predicted molar refractivity (Wildman–Crippen MR) is 95.2 cm³/mol. The van der Waals surface area contributed by atoms with E-state index in [1.807, 2.05) is 0 Å². The zero-order valence-corrected chi connectivity index (χ0v) is 14.5. The Kier molecular flexibility index (Phi) is 11.1. The van der Waals surface area contributed by atoms with Crippen molar-refractivity contribution in [2.75, 3.05) is 0 Å². The lowest BCUT2D eigenvalue weighted by Crippen LogP contribution is -1.99. The zero-order valence-electron chi connectivity index (χ0n) is 12.9. The van der Waals surface area contributed by atoms with Gasteiger partial charge in [0.15, 0.2) is 0 Å². The van der Waals surface area contributed by atoms with Crippen molar-refractivity contribution in [1.82, 2.24) is 0 Å². The molecule has 0 radical (unpaired) electrons. The van der Waals surface area contributed by atoms with Crippen LogP contribution in [0.4, 0.5) is 0 Å². The third-order valence-corrected chi connectivity index (χ3v) is 2.76. The molecular formula is C16H14Cl2O8. The molecule has 0 heterocycles. The minimum atomic E-state index is -1.06. The largest absolute Gasteiger partial charge is 0.478 e. The van der Waals surface area contributed by atoms with E-state index in [1.165, 1.54) is 48.5 Å². The summed E-state index contributed by atoms with van der Waals surface area (Å²) in [6, 6.07) is 10.0. The highest BCUT2D eigenvalue weighted by Crippen LogP contribution is 2.04. The summed E-state index contributed by atoms with van der Waals surface area (Å²) in [5, 5.41) is 33.9. The molecule has 0 amide bonds. The molecule has 140 valence electrons. The maximum Gasteiger partial charge on any atom is 0.335 e. The molecule has 0 saturated heterocycles. The van der Waals surface area contributed by atoms with Crippen LogP contribution in [-0.2, 0) is 0 Å². The minimum absolute atomic E-state index is 0. The van der Waals surface area contributed by atoms with Crippen LogP contribution in [0.3, 0.4) is 0 Å². The molecule has 4 N–H and O–H groups in total. The molecule has 0 aliphatic heterocycles. The summed E-state index contributed by atoms with van der Waals surface area (Å²) < 4.78 is 0. The second kappa shape index (κ2) is 11.5. The van der Waals surface area contributed by atoms with E-state index in [4.69, 9.17) is 20.4 Å². The third kappa shape index (κ3) is 7.65. The Balaban J connectivity index is 0.